The van der Waals surface area contributed by atoms with E-state index in [1.165, 1.54) is 50.5 Å². The van der Waals surface area contributed by atoms with Crippen LogP contribution in [0.5, 0.6) is 0 Å². The monoisotopic (exact) mass is 576 g/mol. The lowest BCUT2D eigenvalue weighted by molar-refractivity contribution is -0.316. The molecule has 0 radical (unpaired) electrons. The average Bonchev–Trinajstić information content (AvgIpc) is 3.21. The summed E-state index contributed by atoms with van der Waals surface area (Å²) < 4.78 is 12.0. The summed E-state index contributed by atoms with van der Waals surface area (Å²) >= 11 is 0. The molecule has 5 aliphatic rings. The molecule has 0 amide bonds. The van der Waals surface area contributed by atoms with E-state index < -0.39 is 37.3 Å². The van der Waals surface area contributed by atoms with Gasteiger partial charge in [-0.2, -0.15) is 0 Å². The summed E-state index contributed by atoms with van der Waals surface area (Å²) in [6.07, 6.45) is 8.85. The summed E-state index contributed by atoms with van der Waals surface area (Å²) in [6, 6.07) is 0. The molecule has 3 saturated carbocycles. The standard InChI is InChI=1S/C35H60O6/c1-20(2)9-8-10-21(3)23-13-17-35(7)26-12-11-24-22(4)27(15-16-33(24,5)25(26)14-18-34(23,35)6)40-32-31(39)30(38)29(37)28(19-36)41-32/h11,20-23,25-32,36-39H,8-10,12-19H2,1-7H3/t21-,22+,23-,25+,26-,27+,28-,29-,30+,31-,32-,33+,34-,35+/m1/s1. The Hall–Kier alpha value is -0.500. The summed E-state index contributed by atoms with van der Waals surface area (Å²) in [5, 5.41) is 40.7. The SMILES string of the molecule is CC(C)CCC[C@@H](C)[C@H]1CC[C@@]2(C)[C@@H]3CC=C4[C@H](C)[C@@H](O[C@@H]5O[C@H](CO)[C@@H](O)[C@H](O)[C@H]5O)CC[C@]4(C)[C@H]3CC[C@]12C. The van der Waals surface area contributed by atoms with Crippen LogP contribution >= 0.6 is 0 Å². The number of aliphatic hydroxyl groups excluding tert-OH is 4. The van der Waals surface area contributed by atoms with E-state index in [0.29, 0.717) is 16.7 Å². The van der Waals surface area contributed by atoms with Gasteiger partial charge in [-0.25, -0.2) is 0 Å². The maximum atomic E-state index is 10.6. The molecule has 0 bridgehead atoms. The Bertz CT molecular complexity index is 949. The highest BCUT2D eigenvalue weighted by molar-refractivity contribution is 5.29. The lowest BCUT2D eigenvalue weighted by atomic mass is 9.41. The van der Waals surface area contributed by atoms with Crippen molar-refractivity contribution >= 4 is 0 Å². The fourth-order valence-electron chi connectivity index (χ4n) is 11.0. The Morgan fingerprint density at radius 2 is 1.61 bits per heavy atom. The van der Waals surface area contributed by atoms with E-state index >= 15 is 0 Å². The summed E-state index contributed by atoms with van der Waals surface area (Å²) in [4.78, 5) is 0. The number of rotatable bonds is 8. The van der Waals surface area contributed by atoms with E-state index in [4.69, 9.17) is 9.47 Å². The first-order chi connectivity index (χ1) is 19.3. The van der Waals surface area contributed by atoms with Gasteiger partial charge in [-0.1, -0.05) is 79.4 Å². The van der Waals surface area contributed by atoms with Gasteiger partial charge in [-0.15, -0.1) is 0 Å². The topological polar surface area (TPSA) is 99.4 Å². The highest BCUT2D eigenvalue weighted by atomic mass is 16.7. The van der Waals surface area contributed by atoms with Crippen LogP contribution in [0.15, 0.2) is 11.6 Å². The van der Waals surface area contributed by atoms with Crippen molar-refractivity contribution in [1.82, 2.24) is 0 Å². The van der Waals surface area contributed by atoms with E-state index in [-0.39, 0.29) is 17.4 Å². The van der Waals surface area contributed by atoms with Crippen molar-refractivity contribution in [3.8, 4) is 0 Å². The van der Waals surface area contributed by atoms with Crippen molar-refractivity contribution in [1.29, 1.82) is 0 Å². The van der Waals surface area contributed by atoms with Gasteiger partial charge < -0.3 is 29.9 Å². The molecule has 0 aromatic carbocycles. The Kier molecular flexibility index (Phi) is 9.17. The van der Waals surface area contributed by atoms with Crippen molar-refractivity contribution in [3.63, 3.8) is 0 Å². The largest absolute Gasteiger partial charge is 0.394 e. The minimum Gasteiger partial charge on any atom is -0.394 e. The van der Waals surface area contributed by atoms with E-state index in [0.717, 1.165) is 42.9 Å². The van der Waals surface area contributed by atoms with Crippen LogP contribution in [-0.2, 0) is 9.47 Å². The predicted molar refractivity (Wildman–Crippen MR) is 161 cm³/mol. The third-order valence-electron chi connectivity index (χ3n) is 13.7. The van der Waals surface area contributed by atoms with Crippen LogP contribution in [0, 0.1) is 51.8 Å². The second-order valence-electron chi connectivity index (χ2n) is 16.0. The lowest BCUT2D eigenvalue weighted by Crippen LogP contribution is -2.60. The molecule has 1 heterocycles. The Morgan fingerprint density at radius 3 is 2.29 bits per heavy atom. The molecule has 236 valence electrons. The molecular weight excluding hydrogens is 516 g/mol. The molecular formula is C35H60O6. The fourth-order valence-corrected chi connectivity index (χ4v) is 11.0. The average molecular weight is 577 g/mol. The van der Waals surface area contributed by atoms with Gasteiger partial charge in [0.05, 0.1) is 12.7 Å². The van der Waals surface area contributed by atoms with Crippen molar-refractivity contribution in [2.24, 2.45) is 51.8 Å². The van der Waals surface area contributed by atoms with Crippen LogP contribution in [0.25, 0.3) is 0 Å². The molecule has 0 unspecified atom stereocenters. The van der Waals surface area contributed by atoms with Crippen molar-refractivity contribution < 1.29 is 29.9 Å². The zero-order chi connectivity index (χ0) is 29.9. The number of hydrogen-bond acceptors (Lipinski definition) is 6. The Balaban J connectivity index is 1.31. The first-order valence-electron chi connectivity index (χ1n) is 16.9. The van der Waals surface area contributed by atoms with Gasteiger partial charge in [-0.05, 0) is 90.8 Å². The van der Waals surface area contributed by atoms with Gasteiger partial charge in [-0.3, -0.25) is 0 Å². The van der Waals surface area contributed by atoms with Crippen LogP contribution in [0.2, 0.25) is 0 Å². The van der Waals surface area contributed by atoms with Gasteiger partial charge in [0.25, 0.3) is 0 Å². The minimum absolute atomic E-state index is 0.140. The van der Waals surface area contributed by atoms with E-state index in [2.05, 4.69) is 54.5 Å². The van der Waals surface area contributed by atoms with Gasteiger partial charge in [0.15, 0.2) is 6.29 Å². The predicted octanol–water partition coefficient (Wildman–Crippen LogP) is 5.85. The molecule has 1 aliphatic heterocycles. The van der Waals surface area contributed by atoms with Gasteiger partial charge in [0, 0.05) is 5.92 Å². The zero-order valence-electron chi connectivity index (χ0n) is 26.9. The Morgan fingerprint density at radius 1 is 0.902 bits per heavy atom. The molecule has 0 aromatic rings. The van der Waals surface area contributed by atoms with E-state index in [1.807, 2.05) is 0 Å². The summed E-state index contributed by atoms with van der Waals surface area (Å²) in [6.45, 7) is 16.9. The number of fused-ring (bicyclic) bond motifs is 5. The van der Waals surface area contributed by atoms with Gasteiger partial charge >= 0.3 is 0 Å². The van der Waals surface area contributed by atoms with Crippen LogP contribution in [0.3, 0.4) is 0 Å². The maximum absolute atomic E-state index is 10.6. The number of ether oxygens (including phenoxy) is 2. The van der Waals surface area contributed by atoms with Crippen molar-refractivity contribution in [2.45, 2.75) is 149 Å². The highest BCUT2D eigenvalue weighted by Crippen LogP contribution is 2.73. The summed E-state index contributed by atoms with van der Waals surface area (Å²) in [5.41, 5.74) is 2.46. The third kappa shape index (κ3) is 5.19. The first-order valence-corrected chi connectivity index (χ1v) is 16.9. The lowest BCUT2D eigenvalue weighted by Gasteiger charge is -2.63. The van der Waals surface area contributed by atoms with Crippen LogP contribution in [-0.4, -0.2) is 63.8 Å². The maximum Gasteiger partial charge on any atom is 0.186 e. The van der Waals surface area contributed by atoms with Gasteiger partial charge in [0.2, 0.25) is 0 Å². The minimum atomic E-state index is -1.41. The van der Waals surface area contributed by atoms with Crippen LogP contribution < -0.4 is 0 Å². The molecule has 1 saturated heterocycles. The van der Waals surface area contributed by atoms with E-state index in [1.54, 1.807) is 0 Å². The molecule has 6 heteroatoms. The van der Waals surface area contributed by atoms with Crippen molar-refractivity contribution in [3.05, 3.63) is 11.6 Å². The smallest absolute Gasteiger partial charge is 0.186 e. The molecule has 4 fully saturated rings. The summed E-state index contributed by atoms with van der Waals surface area (Å²) in [7, 11) is 0. The van der Waals surface area contributed by atoms with E-state index in [9.17, 15) is 20.4 Å². The number of aliphatic hydroxyl groups is 4. The quantitative estimate of drug-likeness (QED) is 0.271. The highest BCUT2D eigenvalue weighted by Gasteiger charge is 2.65. The third-order valence-corrected chi connectivity index (χ3v) is 13.7. The molecule has 6 nitrogen and oxygen atoms in total. The van der Waals surface area contributed by atoms with Crippen LogP contribution in [0.4, 0.5) is 0 Å². The molecule has 14 atom stereocenters. The number of hydrogen-bond donors (Lipinski definition) is 4. The number of allylic oxidation sites excluding steroid dienone is 1. The fraction of sp³-hybridized carbons (Fsp3) is 0.943. The normalized spacial score (nSPS) is 50.6. The summed E-state index contributed by atoms with van der Waals surface area (Å²) in [5.74, 6) is 4.02. The second kappa shape index (κ2) is 11.8. The molecule has 0 aromatic heterocycles. The molecule has 41 heavy (non-hydrogen) atoms. The Labute approximate surface area is 249 Å². The van der Waals surface area contributed by atoms with Crippen molar-refractivity contribution in [2.75, 3.05) is 6.61 Å². The molecule has 4 N–H and O–H groups in total. The second-order valence-corrected chi connectivity index (χ2v) is 16.0. The molecule has 0 spiro atoms. The van der Waals surface area contributed by atoms with Crippen LogP contribution in [0.1, 0.15) is 113 Å². The zero-order valence-corrected chi connectivity index (χ0v) is 26.9. The first kappa shape index (κ1) is 31.9. The molecule has 5 rings (SSSR count). The van der Waals surface area contributed by atoms with Gasteiger partial charge in [0.1, 0.15) is 24.4 Å². The molecule has 4 aliphatic carbocycles.